The number of nitrogens with zero attached hydrogens (tertiary/aromatic N) is 3. The molecule has 2 N–H and O–H groups in total. The van der Waals surface area contributed by atoms with Crippen molar-refractivity contribution < 1.29 is 4.79 Å². The molecule has 2 amide bonds. The number of hydrogen-bond donors (Lipinski definition) is 1. The lowest BCUT2D eigenvalue weighted by Crippen LogP contribution is -2.57. The number of guanidine groups is 1. The zero-order chi connectivity index (χ0) is 17.5. The van der Waals surface area contributed by atoms with Crippen molar-refractivity contribution in [1.29, 1.82) is 0 Å². The number of rotatable bonds is 2. The van der Waals surface area contributed by atoms with Gasteiger partial charge in [-0.2, -0.15) is 0 Å². The maximum atomic E-state index is 12.4. The van der Waals surface area contributed by atoms with Gasteiger partial charge in [0.25, 0.3) is 0 Å². The third-order valence-corrected chi connectivity index (χ3v) is 4.66. The standard InChI is InChI=1S/C19H22N4O/c1-13-7-5-8-14(11-13)15-9-6-10-16(12-15)19(2)21-17(20)22(3)18(24)23(19)4/h5-12H,1-4H3,(H2,20,21). The minimum atomic E-state index is -0.826. The van der Waals surface area contributed by atoms with E-state index in [9.17, 15) is 4.79 Å². The number of amides is 2. The van der Waals surface area contributed by atoms with Crippen molar-refractivity contribution in [2.45, 2.75) is 19.5 Å². The molecule has 5 heteroatoms. The van der Waals surface area contributed by atoms with E-state index >= 15 is 0 Å². The summed E-state index contributed by atoms with van der Waals surface area (Å²) in [4.78, 5) is 20.0. The van der Waals surface area contributed by atoms with E-state index in [4.69, 9.17) is 5.73 Å². The van der Waals surface area contributed by atoms with Gasteiger partial charge in [-0.05, 0) is 31.0 Å². The van der Waals surface area contributed by atoms with Gasteiger partial charge in [-0.3, -0.25) is 9.80 Å². The fourth-order valence-electron chi connectivity index (χ4n) is 2.96. The third-order valence-electron chi connectivity index (χ3n) is 4.66. The molecular formula is C19H22N4O. The number of nitrogens with two attached hydrogens (primary N) is 1. The number of aryl methyl sites for hydroxylation is 1. The number of hydrogen-bond acceptors (Lipinski definition) is 3. The predicted octanol–water partition coefficient (Wildman–Crippen LogP) is 3.15. The zero-order valence-corrected chi connectivity index (χ0v) is 14.4. The topological polar surface area (TPSA) is 61.9 Å². The molecule has 1 unspecified atom stereocenters. The molecule has 0 spiro atoms. The number of carbonyl (C=O) groups is 1. The molecule has 0 aromatic heterocycles. The summed E-state index contributed by atoms with van der Waals surface area (Å²) in [5.74, 6) is 0.224. The zero-order valence-electron chi connectivity index (χ0n) is 14.4. The van der Waals surface area contributed by atoms with Crippen LogP contribution < -0.4 is 5.73 Å². The van der Waals surface area contributed by atoms with Gasteiger partial charge < -0.3 is 5.73 Å². The first-order chi connectivity index (χ1) is 11.3. The summed E-state index contributed by atoms with van der Waals surface area (Å²) in [7, 11) is 3.37. The van der Waals surface area contributed by atoms with Gasteiger partial charge in [0.05, 0.1) is 0 Å². The van der Waals surface area contributed by atoms with Crippen LogP contribution in [0.4, 0.5) is 4.79 Å². The third kappa shape index (κ3) is 2.52. The van der Waals surface area contributed by atoms with Gasteiger partial charge in [-0.25, -0.2) is 9.79 Å². The number of urea groups is 1. The molecule has 24 heavy (non-hydrogen) atoms. The minimum absolute atomic E-state index is 0.175. The summed E-state index contributed by atoms with van der Waals surface area (Å²) < 4.78 is 0. The van der Waals surface area contributed by atoms with Gasteiger partial charge in [0.2, 0.25) is 5.96 Å². The Morgan fingerprint density at radius 2 is 1.67 bits per heavy atom. The highest BCUT2D eigenvalue weighted by Gasteiger charge is 2.40. The molecule has 3 rings (SSSR count). The lowest BCUT2D eigenvalue weighted by Gasteiger charge is -2.42. The molecule has 1 aliphatic rings. The molecule has 124 valence electrons. The maximum Gasteiger partial charge on any atom is 0.328 e. The minimum Gasteiger partial charge on any atom is -0.369 e. The Morgan fingerprint density at radius 3 is 2.33 bits per heavy atom. The second-order valence-electron chi connectivity index (χ2n) is 6.34. The molecule has 1 atom stereocenters. The fourth-order valence-corrected chi connectivity index (χ4v) is 2.96. The average Bonchev–Trinajstić information content (AvgIpc) is 2.58. The van der Waals surface area contributed by atoms with E-state index in [-0.39, 0.29) is 12.0 Å². The summed E-state index contributed by atoms with van der Waals surface area (Å²) in [6.07, 6.45) is 0. The Balaban J connectivity index is 2.10. The first-order valence-electron chi connectivity index (χ1n) is 7.87. The summed E-state index contributed by atoms with van der Waals surface area (Å²) in [5, 5.41) is 0. The van der Waals surface area contributed by atoms with Crippen LogP contribution in [0.2, 0.25) is 0 Å². The molecule has 0 fully saturated rings. The van der Waals surface area contributed by atoms with E-state index < -0.39 is 5.66 Å². The van der Waals surface area contributed by atoms with Crippen LogP contribution in [0.15, 0.2) is 53.5 Å². The van der Waals surface area contributed by atoms with Crippen LogP contribution in [-0.2, 0) is 5.66 Å². The van der Waals surface area contributed by atoms with Crippen LogP contribution in [0.5, 0.6) is 0 Å². The number of carbonyl (C=O) groups excluding carboxylic acids is 1. The highest BCUT2D eigenvalue weighted by molar-refractivity contribution is 5.97. The lowest BCUT2D eigenvalue weighted by atomic mass is 9.94. The van der Waals surface area contributed by atoms with E-state index in [1.165, 1.54) is 10.5 Å². The van der Waals surface area contributed by atoms with Gasteiger partial charge in [-0.15, -0.1) is 0 Å². The first kappa shape index (κ1) is 16.1. The van der Waals surface area contributed by atoms with Gasteiger partial charge in [0.1, 0.15) is 0 Å². The normalized spacial score (nSPS) is 21.0. The number of benzene rings is 2. The van der Waals surface area contributed by atoms with Gasteiger partial charge in [-0.1, -0.05) is 48.0 Å². The van der Waals surface area contributed by atoms with Crippen molar-refractivity contribution in [2.75, 3.05) is 14.1 Å². The Morgan fingerprint density at radius 1 is 1.04 bits per heavy atom. The van der Waals surface area contributed by atoms with Crippen LogP contribution in [0.1, 0.15) is 18.1 Å². The quantitative estimate of drug-likeness (QED) is 0.923. The first-order valence-corrected chi connectivity index (χ1v) is 7.87. The number of aliphatic imine (C=N–C) groups is 1. The van der Waals surface area contributed by atoms with Crippen LogP contribution in [0.3, 0.4) is 0 Å². The van der Waals surface area contributed by atoms with Crippen molar-refractivity contribution >= 4 is 12.0 Å². The summed E-state index contributed by atoms with van der Waals surface area (Å²) in [6.45, 7) is 3.98. The van der Waals surface area contributed by atoms with Crippen LogP contribution in [0, 0.1) is 6.92 Å². The lowest BCUT2D eigenvalue weighted by molar-refractivity contribution is 0.123. The Bertz CT molecular complexity index is 830. The summed E-state index contributed by atoms with van der Waals surface area (Å²) in [5.41, 5.74) is 9.47. The van der Waals surface area contributed by atoms with E-state index in [0.717, 1.165) is 16.7 Å². The average molecular weight is 322 g/mol. The van der Waals surface area contributed by atoms with Crippen LogP contribution >= 0.6 is 0 Å². The van der Waals surface area contributed by atoms with Gasteiger partial charge in [0.15, 0.2) is 5.66 Å². The van der Waals surface area contributed by atoms with E-state index in [0.29, 0.717) is 0 Å². The maximum absolute atomic E-state index is 12.4. The SMILES string of the molecule is Cc1cccc(-c2cccc(C3(C)N=C(N)N(C)C(=O)N3C)c2)c1. The van der Waals surface area contributed by atoms with Crippen LogP contribution in [0.25, 0.3) is 11.1 Å². The molecule has 2 aromatic carbocycles. The van der Waals surface area contributed by atoms with Crippen molar-refractivity contribution in [2.24, 2.45) is 10.7 Å². The van der Waals surface area contributed by atoms with Crippen molar-refractivity contribution in [1.82, 2.24) is 9.80 Å². The molecule has 0 aliphatic carbocycles. The molecule has 1 aliphatic heterocycles. The highest BCUT2D eigenvalue weighted by Crippen LogP contribution is 2.34. The fraction of sp³-hybridized carbons (Fsp3) is 0.263. The second kappa shape index (κ2) is 5.67. The molecular weight excluding hydrogens is 300 g/mol. The monoisotopic (exact) mass is 322 g/mol. The van der Waals surface area contributed by atoms with E-state index in [1.807, 2.05) is 25.1 Å². The van der Waals surface area contributed by atoms with Gasteiger partial charge in [0, 0.05) is 19.7 Å². The van der Waals surface area contributed by atoms with Crippen molar-refractivity contribution in [3.63, 3.8) is 0 Å². The molecule has 2 aromatic rings. The van der Waals surface area contributed by atoms with Gasteiger partial charge >= 0.3 is 6.03 Å². The largest absolute Gasteiger partial charge is 0.369 e. The smallest absolute Gasteiger partial charge is 0.328 e. The highest BCUT2D eigenvalue weighted by atomic mass is 16.2. The van der Waals surface area contributed by atoms with Crippen LogP contribution in [-0.4, -0.2) is 35.9 Å². The Labute approximate surface area is 142 Å². The summed E-state index contributed by atoms with van der Waals surface area (Å²) >= 11 is 0. The van der Waals surface area contributed by atoms with Crippen molar-refractivity contribution in [3.8, 4) is 11.1 Å². The Hall–Kier alpha value is -2.82. The molecule has 5 nitrogen and oxygen atoms in total. The van der Waals surface area contributed by atoms with Crippen molar-refractivity contribution in [3.05, 3.63) is 59.7 Å². The second-order valence-corrected chi connectivity index (χ2v) is 6.34. The van der Waals surface area contributed by atoms with E-state index in [1.54, 1.807) is 19.0 Å². The molecule has 1 heterocycles. The predicted molar refractivity (Wildman–Crippen MR) is 96.5 cm³/mol. The summed E-state index contributed by atoms with van der Waals surface area (Å²) in [6, 6.07) is 16.3. The molecule has 0 saturated heterocycles. The molecule has 0 bridgehead atoms. The molecule has 0 radical (unpaired) electrons. The van der Waals surface area contributed by atoms with E-state index in [2.05, 4.69) is 42.2 Å². The Kier molecular flexibility index (Phi) is 3.79. The molecule has 0 saturated carbocycles.